The molecule has 2 unspecified atom stereocenters. The zero-order valence-corrected chi connectivity index (χ0v) is 13.5. The average molecular weight is 334 g/mol. The number of aliphatic hydroxyl groups is 1. The van der Waals surface area contributed by atoms with Gasteiger partial charge < -0.3 is 10.4 Å². The summed E-state index contributed by atoms with van der Waals surface area (Å²) in [4.78, 5) is 16.5. The molecule has 3 rings (SSSR count). The minimum Gasteiger partial charge on any atom is -0.393 e. The van der Waals surface area contributed by atoms with E-state index in [2.05, 4.69) is 10.3 Å². The summed E-state index contributed by atoms with van der Waals surface area (Å²) in [6.07, 6.45) is 3.41. The van der Waals surface area contributed by atoms with Gasteiger partial charge in [0.1, 0.15) is 16.5 Å². The van der Waals surface area contributed by atoms with Gasteiger partial charge in [-0.3, -0.25) is 4.79 Å². The first kappa shape index (κ1) is 16.1. The second-order valence-corrected chi connectivity index (χ2v) is 6.80. The molecule has 1 aliphatic carbocycles. The minimum absolute atomic E-state index is 0.199. The van der Waals surface area contributed by atoms with E-state index >= 15 is 0 Å². The van der Waals surface area contributed by atoms with E-state index in [-0.39, 0.29) is 17.8 Å². The Morgan fingerprint density at radius 3 is 2.87 bits per heavy atom. The highest BCUT2D eigenvalue weighted by Gasteiger charge is 2.21. The molecule has 4 nitrogen and oxygen atoms in total. The lowest BCUT2D eigenvalue weighted by Gasteiger charge is -2.25. The van der Waals surface area contributed by atoms with Crippen molar-refractivity contribution in [3.05, 3.63) is 41.2 Å². The Morgan fingerprint density at radius 1 is 1.35 bits per heavy atom. The number of rotatable bonds is 4. The molecule has 6 heteroatoms. The number of nitrogens with one attached hydrogen (secondary N) is 1. The molecule has 23 heavy (non-hydrogen) atoms. The number of aliphatic hydroxyl groups excluding tert-OH is 1. The Bertz CT molecular complexity index is 671. The molecular weight excluding hydrogens is 315 g/mol. The van der Waals surface area contributed by atoms with Crippen LogP contribution in [0, 0.1) is 11.7 Å². The molecule has 1 saturated carbocycles. The van der Waals surface area contributed by atoms with E-state index in [1.807, 2.05) is 0 Å². The van der Waals surface area contributed by atoms with Crippen LogP contribution in [0.5, 0.6) is 0 Å². The van der Waals surface area contributed by atoms with Gasteiger partial charge in [-0.05, 0) is 49.4 Å². The van der Waals surface area contributed by atoms with Crippen molar-refractivity contribution in [2.75, 3.05) is 6.54 Å². The van der Waals surface area contributed by atoms with Gasteiger partial charge in [-0.1, -0.05) is 6.42 Å². The van der Waals surface area contributed by atoms with Crippen molar-refractivity contribution in [2.24, 2.45) is 5.92 Å². The summed E-state index contributed by atoms with van der Waals surface area (Å²) in [5.74, 6) is -0.162. The van der Waals surface area contributed by atoms with Gasteiger partial charge in [0.15, 0.2) is 0 Å². The molecule has 1 aliphatic rings. The molecule has 122 valence electrons. The third-order valence-electron chi connectivity index (χ3n) is 4.13. The average Bonchev–Trinajstić information content (AvgIpc) is 3.03. The Balaban J connectivity index is 1.59. The summed E-state index contributed by atoms with van der Waals surface area (Å²) in [5, 5.41) is 15.0. The molecule has 0 bridgehead atoms. The predicted molar refractivity (Wildman–Crippen MR) is 87.8 cm³/mol. The smallest absolute Gasteiger partial charge is 0.270 e. The summed E-state index contributed by atoms with van der Waals surface area (Å²) < 4.78 is 12.9. The third kappa shape index (κ3) is 4.14. The van der Waals surface area contributed by atoms with Crippen molar-refractivity contribution < 1.29 is 14.3 Å². The number of carbonyl (C=O) groups excluding carboxylic acids is 1. The van der Waals surface area contributed by atoms with E-state index in [0.717, 1.165) is 31.2 Å². The lowest BCUT2D eigenvalue weighted by atomic mass is 9.87. The van der Waals surface area contributed by atoms with Crippen molar-refractivity contribution in [1.29, 1.82) is 0 Å². The van der Waals surface area contributed by atoms with E-state index in [4.69, 9.17) is 0 Å². The first-order valence-electron chi connectivity index (χ1n) is 7.79. The van der Waals surface area contributed by atoms with Gasteiger partial charge in [0, 0.05) is 17.5 Å². The zero-order chi connectivity index (χ0) is 16.2. The van der Waals surface area contributed by atoms with Crippen molar-refractivity contribution in [3.63, 3.8) is 0 Å². The summed E-state index contributed by atoms with van der Waals surface area (Å²) in [6.45, 7) is 0.569. The van der Waals surface area contributed by atoms with E-state index in [1.54, 1.807) is 17.5 Å². The highest BCUT2D eigenvalue weighted by atomic mass is 32.1. The zero-order valence-electron chi connectivity index (χ0n) is 12.7. The van der Waals surface area contributed by atoms with Crippen molar-refractivity contribution in [3.8, 4) is 10.6 Å². The fourth-order valence-electron chi connectivity index (χ4n) is 2.88. The van der Waals surface area contributed by atoms with Gasteiger partial charge in [-0.2, -0.15) is 0 Å². The maximum Gasteiger partial charge on any atom is 0.270 e. The Labute approximate surface area is 138 Å². The quantitative estimate of drug-likeness (QED) is 0.902. The molecule has 1 aromatic heterocycles. The first-order chi connectivity index (χ1) is 11.1. The maximum atomic E-state index is 12.9. The molecule has 2 aromatic rings. The second kappa shape index (κ2) is 7.19. The lowest BCUT2D eigenvalue weighted by Crippen LogP contribution is -2.33. The van der Waals surface area contributed by atoms with Gasteiger partial charge in [0.2, 0.25) is 0 Å². The maximum absolute atomic E-state index is 12.9. The molecule has 0 radical (unpaired) electrons. The second-order valence-electron chi connectivity index (χ2n) is 5.94. The number of hydrogen-bond acceptors (Lipinski definition) is 4. The number of hydrogen-bond donors (Lipinski definition) is 2. The van der Waals surface area contributed by atoms with Crippen LogP contribution >= 0.6 is 11.3 Å². The number of benzene rings is 1. The normalized spacial score (nSPS) is 21.1. The van der Waals surface area contributed by atoms with Crippen molar-refractivity contribution >= 4 is 17.2 Å². The summed E-state index contributed by atoms with van der Waals surface area (Å²) in [5.41, 5.74) is 1.18. The van der Waals surface area contributed by atoms with E-state index in [0.29, 0.717) is 23.2 Å². The first-order valence-corrected chi connectivity index (χ1v) is 8.67. The standard InChI is InChI=1S/C17H19FN2O2S/c18-13-6-4-12(5-7-13)17-20-15(10-23-17)16(22)19-9-11-2-1-3-14(21)8-11/h4-7,10-11,14,21H,1-3,8-9H2,(H,19,22). The summed E-state index contributed by atoms with van der Waals surface area (Å²) in [7, 11) is 0. The number of thiazole rings is 1. The largest absolute Gasteiger partial charge is 0.393 e. The van der Waals surface area contributed by atoms with Crippen LogP contribution in [0.4, 0.5) is 4.39 Å². The molecule has 2 N–H and O–H groups in total. The fraction of sp³-hybridized carbons (Fsp3) is 0.412. The molecule has 1 amide bonds. The SMILES string of the molecule is O=C(NCC1CCCC(O)C1)c1csc(-c2ccc(F)cc2)n1. The van der Waals surface area contributed by atoms with E-state index in [9.17, 15) is 14.3 Å². The van der Waals surface area contributed by atoms with Gasteiger partial charge in [0.05, 0.1) is 6.10 Å². The molecule has 1 fully saturated rings. The van der Waals surface area contributed by atoms with Crippen LogP contribution in [0.3, 0.4) is 0 Å². The van der Waals surface area contributed by atoms with Crippen molar-refractivity contribution in [1.82, 2.24) is 10.3 Å². The molecule has 1 aromatic carbocycles. The highest BCUT2D eigenvalue weighted by Crippen LogP contribution is 2.25. The number of aromatic nitrogens is 1. The number of carbonyl (C=O) groups is 1. The fourth-order valence-corrected chi connectivity index (χ4v) is 3.68. The monoisotopic (exact) mass is 334 g/mol. The topological polar surface area (TPSA) is 62.2 Å². The third-order valence-corrected chi connectivity index (χ3v) is 5.03. The molecule has 0 aliphatic heterocycles. The van der Waals surface area contributed by atoms with Crippen LogP contribution in [0.25, 0.3) is 10.6 Å². The number of amides is 1. The van der Waals surface area contributed by atoms with Crippen LogP contribution in [0.15, 0.2) is 29.6 Å². The van der Waals surface area contributed by atoms with E-state index in [1.165, 1.54) is 23.5 Å². The van der Waals surface area contributed by atoms with Crippen LogP contribution < -0.4 is 5.32 Å². The Hall–Kier alpha value is -1.79. The highest BCUT2D eigenvalue weighted by molar-refractivity contribution is 7.13. The van der Waals surface area contributed by atoms with Crippen LogP contribution in [-0.2, 0) is 0 Å². The van der Waals surface area contributed by atoms with Crippen LogP contribution in [0.1, 0.15) is 36.2 Å². The molecule has 0 spiro atoms. The minimum atomic E-state index is -0.294. The molecule has 2 atom stereocenters. The number of nitrogens with zero attached hydrogens (tertiary/aromatic N) is 1. The molecular formula is C17H19FN2O2S. The molecule has 0 saturated heterocycles. The van der Waals surface area contributed by atoms with Crippen LogP contribution in [0.2, 0.25) is 0 Å². The van der Waals surface area contributed by atoms with Gasteiger partial charge in [-0.15, -0.1) is 11.3 Å². The van der Waals surface area contributed by atoms with Crippen molar-refractivity contribution in [2.45, 2.75) is 31.8 Å². The Morgan fingerprint density at radius 2 is 2.13 bits per heavy atom. The summed E-state index contributed by atoms with van der Waals surface area (Å²) >= 11 is 1.36. The summed E-state index contributed by atoms with van der Waals surface area (Å²) in [6, 6.07) is 6.06. The van der Waals surface area contributed by atoms with E-state index < -0.39 is 0 Å². The van der Waals surface area contributed by atoms with Gasteiger partial charge >= 0.3 is 0 Å². The lowest BCUT2D eigenvalue weighted by molar-refractivity contribution is 0.0871. The molecule has 1 heterocycles. The Kier molecular flexibility index (Phi) is 5.03. The predicted octanol–water partition coefficient (Wildman–Crippen LogP) is 3.23. The number of halogens is 1. The van der Waals surface area contributed by atoms with Gasteiger partial charge in [0.25, 0.3) is 5.91 Å². The van der Waals surface area contributed by atoms with Crippen LogP contribution in [-0.4, -0.2) is 28.6 Å². The van der Waals surface area contributed by atoms with Gasteiger partial charge in [-0.25, -0.2) is 9.37 Å².